The fraction of sp³-hybridized carbons (Fsp3) is 0.250. The Morgan fingerprint density at radius 3 is 2.44 bits per heavy atom. The van der Waals surface area contributed by atoms with Crippen molar-refractivity contribution in [3.8, 4) is 5.75 Å². The summed E-state index contributed by atoms with van der Waals surface area (Å²) in [6, 6.07) is 28.1. The van der Waals surface area contributed by atoms with E-state index < -0.39 is 6.04 Å². The van der Waals surface area contributed by atoms with Gasteiger partial charge in [0.05, 0.1) is 4.47 Å². The van der Waals surface area contributed by atoms with Gasteiger partial charge in [-0.05, 0) is 56.4 Å². The fourth-order valence-corrected chi connectivity index (χ4v) is 5.22. The van der Waals surface area contributed by atoms with Crippen molar-refractivity contribution in [2.75, 3.05) is 13.2 Å². The number of hydrogen-bond donors (Lipinski definition) is 1. The van der Waals surface area contributed by atoms with E-state index in [9.17, 15) is 9.59 Å². The van der Waals surface area contributed by atoms with Crippen LogP contribution in [0.2, 0.25) is 5.02 Å². The zero-order chi connectivity index (χ0) is 27.6. The molecule has 0 aliphatic carbocycles. The Bertz CT molecular complexity index is 1410. The van der Waals surface area contributed by atoms with Crippen LogP contribution in [0.4, 0.5) is 0 Å². The number of ether oxygens (including phenoxy) is 1. The quantitative estimate of drug-likeness (QED) is 0.173. The van der Waals surface area contributed by atoms with Crippen molar-refractivity contribution in [3.63, 3.8) is 0 Å². The third-order valence-electron chi connectivity index (χ3n) is 6.58. The van der Waals surface area contributed by atoms with Gasteiger partial charge in [-0.3, -0.25) is 9.59 Å². The molecule has 7 heteroatoms. The van der Waals surface area contributed by atoms with Gasteiger partial charge in [-0.2, -0.15) is 0 Å². The van der Waals surface area contributed by atoms with Gasteiger partial charge in [-0.15, -0.1) is 0 Å². The van der Waals surface area contributed by atoms with Gasteiger partial charge in [-0.25, -0.2) is 0 Å². The molecule has 4 aromatic rings. The highest BCUT2D eigenvalue weighted by Gasteiger charge is 2.31. The van der Waals surface area contributed by atoms with E-state index in [1.54, 1.807) is 11.0 Å². The molecule has 0 aliphatic heterocycles. The summed E-state index contributed by atoms with van der Waals surface area (Å²) < 4.78 is 6.81. The summed E-state index contributed by atoms with van der Waals surface area (Å²) in [6.07, 6.45) is 2.19. The number of hydrogen-bond acceptors (Lipinski definition) is 3. The number of carbonyl (C=O) groups is 2. The molecule has 0 aliphatic rings. The molecule has 39 heavy (non-hydrogen) atoms. The standard InChI is InChI=1S/C32H32BrClN2O3/c1-2-3-19-35-32(38)28(20-23-11-5-4-6-12-23)36(21-25-14-8-10-16-27(25)34)30(37)22-39-29-18-17-24-13-7-9-15-26(24)31(29)33/h4-18,28H,2-3,19-22H2,1H3,(H,35,38). The number of fused-ring (bicyclic) bond motifs is 1. The Morgan fingerprint density at radius 2 is 1.67 bits per heavy atom. The SMILES string of the molecule is CCCCNC(=O)C(Cc1ccccc1)N(Cc1ccccc1Cl)C(=O)COc1ccc2ccccc2c1Br. The first-order valence-electron chi connectivity index (χ1n) is 13.1. The molecule has 2 amide bonds. The maximum atomic E-state index is 13.8. The summed E-state index contributed by atoms with van der Waals surface area (Å²) in [4.78, 5) is 29.0. The summed E-state index contributed by atoms with van der Waals surface area (Å²) in [5, 5.41) is 5.63. The molecule has 0 saturated heterocycles. The van der Waals surface area contributed by atoms with Crippen LogP contribution in [0.25, 0.3) is 10.8 Å². The van der Waals surface area contributed by atoms with E-state index in [4.69, 9.17) is 16.3 Å². The van der Waals surface area contributed by atoms with Crippen molar-refractivity contribution in [1.82, 2.24) is 10.2 Å². The summed E-state index contributed by atoms with van der Waals surface area (Å²) in [5.41, 5.74) is 1.72. The largest absolute Gasteiger partial charge is 0.483 e. The van der Waals surface area contributed by atoms with E-state index in [0.717, 1.165) is 39.2 Å². The Kier molecular flexibility index (Phi) is 10.4. The van der Waals surface area contributed by atoms with Gasteiger partial charge in [0.1, 0.15) is 11.8 Å². The molecular weight excluding hydrogens is 576 g/mol. The first-order chi connectivity index (χ1) is 19.0. The predicted molar refractivity (Wildman–Crippen MR) is 161 cm³/mol. The predicted octanol–water partition coefficient (Wildman–Crippen LogP) is 7.19. The van der Waals surface area contributed by atoms with Crippen molar-refractivity contribution in [3.05, 3.63) is 112 Å². The van der Waals surface area contributed by atoms with Gasteiger partial charge in [0.25, 0.3) is 5.91 Å². The Labute approximate surface area is 243 Å². The molecule has 4 aromatic carbocycles. The lowest BCUT2D eigenvalue weighted by Crippen LogP contribution is -2.51. The number of benzene rings is 4. The topological polar surface area (TPSA) is 58.6 Å². The van der Waals surface area contributed by atoms with Crippen LogP contribution in [-0.2, 0) is 22.6 Å². The van der Waals surface area contributed by atoms with Gasteiger partial charge in [0.15, 0.2) is 6.61 Å². The Balaban J connectivity index is 1.63. The highest BCUT2D eigenvalue weighted by atomic mass is 79.9. The smallest absolute Gasteiger partial charge is 0.261 e. The van der Waals surface area contributed by atoms with Crippen LogP contribution >= 0.6 is 27.5 Å². The number of nitrogens with one attached hydrogen (secondary N) is 1. The maximum absolute atomic E-state index is 13.8. The molecule has 0 radical (unpaired) electrons. The van der Waals surface area contributed by atoms with Crippen LogP contribution in [0.3, 0.4) is 0 Å². The molecule has 0 fully saturated rings. The molecule has 5 nitrogen and oxygen atoms in total. The zero-order valence-electron chi connectivity index (χ0n) is 21.9. The average molecular weight is 608 g/mol. The van der Waals surface area contributed by atoms with Crippen molar-refractivity contribution in [2.24, 2.45) is 0 Å². The normalized spacial score (nSPS) is 11.7. The van der Waals surface area contributed by atoms with E-state index in [1.807, 2.05) is 84.9 Å². The number of nitrogens with zero attached hydrogens (tertiary/aromatic N) is 1. The van der Waals surface area contributed by atoms with E-state index in [-0.39, 0.29) is 25.0 Å². The first kappa shape index (κ1) is 28.7. The second-order valence-corrected chi connectivity index (χ2v) is 10.6. The summed E-state index contributed by atoms with van der Waals surface area (Å²) in [6.45, 7) is 2.58. The molecule has 1 atom stereocenters. The minimum absolute atomic E-state index is 0.180. The van der Waals surface area contributed by atoms with Crippen LogP contribution in [0.1, 0.15) is 30.9 Å². The van der Waals surface area contributed by atoms with Crippen LogP contribution in [0.5, 0.6) is 5.75 Å². The number of halogens is 2. The average Bonchev–Trinajstić information content (AvgIpc) is 2.96. The Hall–Kier alpha value is -3.35. The van der Waals surface area contributed by atoms with E-state index in [1.165, 1.54) is 0 Å². The molecule has 0 aromatic heterocycles. The molecule has 202 valence electrons. The molecule has 1 unspecified atom stereocenters. The number of amides is 2. The summed E-state index contributed by atoms with van der Waals surface area (Å²) in [7, 11) is 0. The van der Waals surface area contributed by atoms with Gasteiger partial charge >= 0.3 is 0 Å². The molecule has 4 rings (SSSR count). The van der Waals surface area contributed by atoms with Crippen molar-refractivity contribution >= 4 is 50.1 Å². The van der Waals surface area contributed by atoms with Crippen LogP contribution in [0, 0.1) is 0 Å². The van der Waals surface area contributed by atoms with Gasteiger partial charge < -0.3 is 15.0 Å². The van der Waals surface area contributed by atoms with Gasteiger partial charge in [0, 0.05) is 24.5 Å². The number of rotatable bonds is 12. The lowest BCUT2D eigenvalue weighted by Gasteiger charge is -2.31. The second-order valence-electron chi connectivity index (χ2n) is 9.35. The highest BCUT2D eigenvalue weighted by Crippen LogP contribution is 2.33. The molecule has 0 heterocycles. The van der Waals surface area contributed by atoms with Crippen molar-refractivity contribution in [1.29, 1.82) is 0 Å². The molecule has 0 spiro atoms. The number of unbranched alkanes of at least 4 members (excludes halogenated alkanes) is 1. The molecular formula is C32H32BrClN2O3. The van der Waals surface area contributed by atoms with E-state index >= 15 is 0 Å². The Morgan fingerprint density at radius 1 is 0.949 bits per heavy atom. The minimum Gasteiger partial charge on any atom is -0.483 e. The summed E-state index contributed by atoms with van der Waals surface area (Å²) in [5.74, 6) is 0.0629. The second kappa shape index (κ2) is 14.2. The molecule has 0 saturated carbocycles. The van der Waals surface area contributed by atoms with E-state index in [2.05, 4.69) is 28.2 Å². The lowest BCUT2D eigenvalue weighted by atomic mass is 10.0. The zero-order valence-corrected chi connectivity index (χ0v) is 24.3. The third-order valence-corrected chi connectivity index (χ3v) is 7.76. The first-order valence-corrected chi connectivity index (χ1v) is 14.3. The summed E-state index contributed by atoms with van der Waals surface area (Å²) >= 11 is 10.1. The van der Waals surface area contributed by atoms with Crippen LogP contribution in [-0.4, -0.2) is 35.9 Å². The van der Waals surface area contributed by atoms with Crippen LogP contribution in [0.15, 0.2) is 95.5 Å². The third kappa shape index (κ3) is 7.61. The number of carbonyl (C=O) groups excluding carboxylic acids is 2. The molecule has 0 bridgehead atoms. The van der Waals surface area contributed by atoms with Gasteiger partial charge in [-0.1, -0.05) is 104 Å². The highest BCUT2D eigenvalue weighted by molar-refractivity contribution is 9.10. The van der Waals surface area contributed by atoms with Crippen LogP contribution < -0.4 is 10.1 Å². The molecule has 1 N–H and O–H groups in total. The van der Waals surface area contributed by atoms with Crippen molar-refractivity contribution < 1.29 is 14.3 Å². The van der Waals surface area contributed by atoms with Gasteiger partial charge in [0.2, 0.25) is 5.91 Å². The fourth-order valence-electron chi connectivity index (χ4n) is 4.42. The lowest BCUT2D eigenvalue weighted by molar-refractivity contribution is -0.142. The monoisotopic (exact) mass is 606 g/mol. The minimum atomic E-state index is -0.739. The van der Waals surface area contributed by atoms with E-state index in [0.29, 0.717) is 23.7 Å². The van der Waals surface area contributed by atoms with Crippen molar-refractivity contribution in [2.45, 2.75) is 38.8 Å². The maximum Gasteiger partial charge on any atom is 0.261 e.